The summed E-state index contributed by atoms with van der Waals surface area (Å²) in [6.45, 7) is 14.6. The first-order chi connectivity index (χ1) is 17.2. The summed E-state index contributed by atoms with van der Waals surface area (Å²) < 4.78 is 18.6. The predicted molar refractivity (Wildman–Crippen MR) is 146 cm³/mol. The van der Waals surface area contributed by atoms with E-state index < -0.39 is 5.60 Å². The third kappa shape index (κ3) is 7.96. The number of likely N-dealkylation sites (tertiary alicyclic amines) is 1. The van der Waals surface area contributed by atoms with Gasteiger partial charge in [-0.25, -0.2) is 9.78 Å². The first kappa shape index (κ1) is 28.0. The van der Waals surface area contributed by atoms with Crippen LogP contribution in [-0.2, 0) is 9.47 Å². The maximum Gasteiger partial charge on any atom is 0.411 e. The number of hydrogen-bond donors (Lipinski definition) is 1. The highest BCUT2D eigenvalue weighted by Gasteiger charge is 2.40. The maximum atomic E-state index is 13.0. The number of carbonyl (C=O) groups excluding carboxylic acids is 1. The van der Waals surface area contributed by atoms with Gasteiger partial charge in [0.15, 0.2) is 0 Å². The number of carbonyl (C=O) groups is 1. The first-order valence-corrected chi connectivity index (χ1v) is 13.3. The maximum absolute atomic E-state index is 13.0. The van der Waals surface area contributed by atoms with E-state index in [9.17, 15) is 4.79 Å². The molecule has 1 saturated heterocycles. The van der Waals surface area contributed by atoms with Gasteiger partial charge in [0.25, 0.3) is 0 Å². The number of H-pyrrole nitrogens is 1. The molecule has 2 atom stereocenters. The van der Waals surface area contributed by atoms with Gasteiger partial charge >= 0.3 is 6.09 Å². The fraction of sp³-hybridized carbons (Fsp3) is 0.500. The molecule has 0 bridgehead atoms. The van der Waals surface area contributed by atoms with Crippen molar-refractivity contribution in [3.63, 3.8) is 0 Å². The lowest BCUT2D eigenvalue weighted by Gasteiger charge is -2.27. The number of benzene rings is 1. The van der Waals surface area contributed by atoms with Crippen LogP contribution in [0.3, 0.4) is 0 Å². The van der Waals surface area contributed by atoms with Crippen LogP contribution >= 0.6 is 15.9 Å². The fourth-order valence-electron chi connectivity index (χ4n) is 4.13. The van der Waals surface area contributed by atoms with Crippen molar-refractivity contribution in [1.82, 2.24) is 14.9 Å². The standard InChI is InChI=1S/C28H38BrN3O4/c1-6-8-9-10-11-15-35-25-16-20(29)12-13-22(25)23-18-30-26(31-23)24-17-21(34-14-7-2)19-32(24)27(33)36-28(3,4)5/h6-7,12-13,16,18,21,24H,1-2,8-11,14-15,17,19H2,3-5H3,(H,30,31). The number of imidazole rings is 1. The Balaban J connectivity index is 1.78. The molecular weight excluding hydrogens is 522 g/mol. The Labute approximate surface area is 223 Å². The average Bonchev–Trinajstić information content (AvgIpc) is 3.46. The van der Waals surface area contributed by atoms with Gasteiger partial charge in [0.2, 0.25) is 0 Å². The van der Waals surface area contributed by atoms with Gasteiger partial charge in [-0.05, 0) is 64.7 Å². The Morgan fingerprint density at radius 2 is 2.06 bits per heavy atom. The molecule has 1 amide bonds. The number of unbranched alkanes of at least 4 members (excludes halogenated alkanes) is 3. The third-order valence-electron chi connectivity index (χ3n) is 5.80. The minimum atomic E-state index is -0.592. The molecule has 0 aliphatic carbocycles. The smallest absolute Gasteiger partial charge is 0.411 e. The largest absolute Gasteiger partial charge is 0.493 e. The van der Waals surface area contributed by atoms with Crippen LogP contribution in [0.2, 0.25) is 0 Å². The van der Waals surface area contributed by atoms with E-state index in [-0.39, 0.29) is 18.2 Å². The van der Waals surface area contributed by atoms with E-state index in [4.69, 9.17) is 14.2 Å². The molecule has 2 heterocycles. The summed E-state index contributed by atoms with van der Waals surface area (Å²) in [5.41, 5.74) is 1.16. The van der Waals surface area contributed by atoms with Crippen molar-refractivity contribution in [3.8, 4) is 17.0 Å². The summed E-state index contributed by atoms with van der Waals surface area (Å²) in [6, 6.07) is 5.67. The number of allylic oxidation sites excluding steroid dienone is 1. The number of hydrogen-bond acceptors (Lipinski definition) is 5. The van der Waals surface area contributed by atoms with Crippen LogP contribution in [-0.4, -0.2) is 52.4 Å². The number of halogens is 1. The number of aromatic amines is 1. The second kappa shape index (κ2) is 13.1. The third-order valence-corrected chi connectivity index (χ3v) is 6.29. The van der Waals surface area contributed by atoms with E-state index in [0.717, 1.165) is 47.2 Å². The highest BCUT2D eigenvalue weighted by Crippen LogP contribution is 2.36. The molecule has 1 aromatic heterocycles. The van der Waals surface area contributed by atoms with Crippen molar-refractivity contribution >= 4 is 22.0 Å². The van der Waals surface area contributed by atoms with Crippen LogP contribution in [0.1, 0.15) is 64.7 Å². The van der Waals surface area contributed by atoms with Crippen molar-refractivity contribution < 1.29 is 19.0 Å². The summed E-state index contributed by atoms with van der Waals surface area (Å²) in [4.78, 5) is 22.8. The first-order valence-electron chi connectivity index (χ1n) is 12.5. The Kier molecular flexibility index (Phi) is 10.2. The number of nitrogens with zero attached hydrogens (tertiary/aromatic N) is 2. The molecule has 1 aliphatic heterocycles. The van der Waals surface area contributed by atoms with Gasteiger partial charge < -0.3 is 19.2 Å². The van der Waals surface area contributed by atoms with Gasteiger partial charge in [-0.15, -0.1) is 13.2 Å². The van der Waals surface area contributed by atoms with E-state index in [1.165, 1.54) is 0 Å². The molecule has 1 fully saturated rings. The number of rotatable bonds is 12. The van der Waals surface area contributed by atoms with Crippen molar-refractivity contribution in [2.75, 3.05) is 19.8 Å². The topological polar surface area (TPSA) is 76.7 Å². The van der Waals surface area contributed by atoms with Gasteiger partial charge in [0.1, 0.15) is 17.2 Å². The van der Waals surface area contributed by atoms with Crippen molar-refractivity contribution in [3.05, 3.63) is 60.0 Å². The van der Waals surface area contributed by atoms with Crippen LogP contribution in [0.25, 0.3) is 11.3 Å². The van der Waals surface area contributed by atoms with Gasteiger partial charge in [0.05, 0.1) is 43.8 Å². The molecule has 2 aromatic rings. The Hall–Kier alpha value is -2.58. The molecule has 1 aromatic carbocycles. The van der Waals surface area contributed by atoms with Crippen molar-refractivity contribution in [2.45, 2.75) is 70.6 Å². The van der Waals surface area contributed by atoms with Crippen LogP contribution in [0.5, 0.6) is 5.75 Å². The second-order valence-electron chi connectivity index (χ2n) is 9.94. The summed E-state index contributed by atoms with van der Waals surface area (Å²) in [6.07, 6.45) is 9.80. The van der Waals surface area contributed by atoms with Crippen LogP contribution < -0.4 is 4.74 Å². The predicted octanol–water partition coefficient (Wildman–Crippen LogP) is 7.22. The molecule has 3 rings (SSSR count). The number of amides is 1. The summed E-state index contributed by atoms with van der Waals surface area (Å²) in [5, 5.41) is 0. The summed E-state index contributed by atoms with van der Waals surface area (Å²) in [5.74, 6) is 1.48. The quantitative estimate of drug-likeness (QED) is 0.219. The molecule has 2 unspecified atom stereocenters. The van der Waals surface area contributed by atoms with Gasteiger partial charge in [-0.2, -0.15) is 0 Å². The Morgan fingerprint density at radius 1 is 1.25 bits per heavy atom. The Bertz CT molecular complexity index is 1030. The van der Waals surface area contributed by atoms with Crippen LogP contribution in [0.4, 0.5) is 4.79 Å². The van der Waals surface area contributed by atoms with Crippen LogP contribution in [0.15, 0.2) is 54.2 Å². The molecule has 0 radical (unpaired) electrons. The highest BCUT2D eigenvalue weighted by atomic mass is 79.9. The van der Waals surface area contributed by atoms with E-state index in [2.05, 4.69) is 39.1 Å². The molecule has 36 heavy (non-hydrogen) atoms. The van der Waals surface area contributed by atoms with Gasteiger partial charge in [-0.1, -0.05) is 28.1 Å². The van der Waals surface area contributed by atoms with Crippen LogP contribution in [0, 0.1) is 0 Å². The minimum absolute atomic E-state index is 0.123. The Morgan fingerprint density at radius 3 is 2.78 bits per heavy atom. The molecule has 0 spiro atoms. The minimum Gasteiger partial charge on any atom is -0.493 e. The molecule has 0 saturated carbocycles. The highest BCUT2D eigenvalue weighted by molar-refractivity contribution is 9.10. The molecule has 7 nitrogen and oxygen atoms in total. The van der Waals surface area contributed by atoms with E-state index in [1.54, 1.807) is 17.2 Å². The lowest BCUT2D eigenvalue weighted by atomic mass is 10.1. The van der Waals surface area contributed by atoms with Gasteiger partial charge in [-0.3, -0.25) is 4.90 Å². The summed E-state index contributed by atoms with van der Waals surface area (Å²) >= 11 is 3.55. The zero-order valence-corrected chi connectivity index (χ0v) is 23.2. The van der Waals surface area contributed by atoms with Gasteiger partial charge in [0, 0.05) is 16.5 Å². The summed E-state index contributed by atoms with van der Waals surface area (Å²) in [7, 11) is 0. The number of ether oxygens (including phenoxy) is 3. The molecule has 1 N–H and O–H groups in total. The fourth-order valence-corrected chi connectivity index (χ4v) is 4.47. The van der Waals surface area contributed by atoms with E-state index in [0.29, 0.717) is 32.0 Å². The van der Waals surface area contributed by atoms with Crippen molar-refractivity contribution in [2.24, 2.45) is 0 Å². The normalized spacial score (nSPS) is 17.7. The zero-order valence-electron chi connectivity index (χ0n) is 21.6. The molecule has 8 heteroatoms. The lowest BCUT2D eigenvalue weighted by Crippen LogP contribution is -2.37. The lowest BCUT2D eigenvalue weighted by molar-refractivity contribution is 0.0178. The molecular formula is C28H38BrN3O4. The second-order valence-corrected chi connectivity index (χ2v) is 10.9. The SMILES string of the molecule is C=CCCCCCOc1cc(Br)ccc1-c1cnc(C2CC(OCC=C)CN2C(=O)OC(C)(C)C)[nH]1. The van der Waals surface area contributed by atoms with E-state index >= 15 is 0 Å². The average molecular weight is 561 g/mol. The number of aromatic nitrogens is 2. The molecule has 1 aliphatic rings. The molecule has 196 valence electrons. The van der Waals surface area contributed by atoms with E-state index in [1.807, 2.05) is 45.0 Å². The van der Waals surface area contributed by atoms with Crippen molar-refractivity contribution in [1.29, 1.82) is 0 Å². The zero-order chi connectivity index (χ0) is 26.1. The number of nitrogens with one attached hydrogen (secondary N) is 1. The monoisotopic (exact) mass is 559 g/mol.